The Morgan fingerprint density at radius 3 is 2.61 bits per heavy atom. The van der Waals surface area contributed by atoms with Crippen molar-refractivity contribution in [3.05, 3.63) is 35.6 Å². The molecule has 5 heteroatoms. The monoisotopic (exact) mass is 320 g/mol. The first kappa shape index (κ1) is 17.4. The summed E-state index contributed by atoms with van der Waals surface area (Å²) in [5, 5.41) is 2.76. The van der Waals surface area contributed by atoms with Crippen LogP contribution in [0.4, 0.5) is 4.39 Å². The number of likely N-dealkylation sites (tertiary alicyclic amines) is 1. The standard InChI is InChI=1S/C18H25FN2O2/c1-14(15-7-3-4-8-16(15)19)13-17(22)20-10-9-18(23)21-11-5-2-6-12-21/h3-4,7-8,14H,2,5-6,9-13H2,1H3,(H,20,22)/t14-/m1/s1. The molecule has 1 aromatic rings. The molecule has 0 bridgehead atoms. The van der Waals surface area contributed by atoms with Gasteiger partial charge in [0, 0.05) is 32.5 Å². The van der Waals surface area contributed by atoms with Crippen molar-refractivity contribution in [2.75, 3.05) is 19.6 Å². The van der Waals surface area contributed by atoms with Crippen LogP contribution in [0.1, 0.15) is 50.5 Å². The minimum atomic E-state index is -0.284. The molecule has 2 amide bonds. The lowest BCUT2D eigenvalue weighted by Gasteiger charge is -2.26. The maximum absolute atomic E-state index is 13.7. The summed E-state index contributed by atoms with van der Waals surface area (Å²) in [5.41, 5.74) is 0.548. The highest BCUT2D eigenvalue weighted by molar-refractivity contribution is 5.79. The van der Waals surface area contributed by atoms with Gasteiger partial charge in [0.15, 0.2) is 0 Å². The van der Waals surface area contributed by atoms with Crippen molar-refractivity contribution < 1.29 is 14.0 Å². The number of benzene rings is 1. The predicted octanol–water partition coefficient (Wildman–Crippen LogP) is 2.84. The van der Waals surface area contributed by atoms with Crippen LogP contribution in [0.25, 0.3) is 0 Å². The van der Waals surface area contributed by atoms with E-state index in [0.29, 0.717) is 18.5 Å². The van der Waals surface area contributed by atoms with Crippen molar-refractivity contribution >= 4 is 11.8 Å². The van der Waals surface area contributed by atoms with Crippen molar-refractivity contribution in [1.29, 1.82) is 0 Å². The molecule has 126 valence electrons. The summed E-state index contributed by atoms with van der Waals surface area (Å²) in [5.74, 6) is -0.513. The molecule has 0 saturated carbocycles. The largest absolute Gasteiger partial charge is 0.356 e. The van der Waals surface area contributed by atoms with E-state index in [0.717, 1.165) is 25.9 Å². The Hall–Kier alpha value is -1.91. The van der Waals surface area contributed by atoms with Crippen molar-refractivity contribution in [3.8, 4) is 0 Å². The van der Waals surface area contributed by atoms with Crippen molar-refractivity contribution in [2.24, 2.45) is 0 Å². The van der Waals surface area contributed by atoms with E-state index in [1.807, 2.05) is 11.8 Å². The first-order valence-electron chi connectivity index (χ1n) is 8.37. The van der Waals surface area contributed by atoms with Crippen LogP contribution >= 0.6 is 0 Å². The van der Waals surface area contributed by atoms with E-state index in [1.54, 1.807) is 18.2 Å². The van der Waals surface area contributed by atoms with Gasteiger partial charge < -0.3 is 10.2 Å². The average molecular weight is 320 g/mol. The van der Waals surface area contributed by atoms with Gasteiger partial charge in [-0.1, -0.05) is 25.1 Å². The Kier molecular flexibility index (Phi) is 6.56. The quantitative estimate of drug-likeness (QED) is 0.876. The first-order chi connectivity index (χ1) is 11.1. The van der Waals surface area contributed by atoms with E-state index in [-0.39, 0.29) is 30.0 Å². The number of rotatable bonds is 6. The highest BCUT2D eigenvalue weighted by atomic mass is 19.1. The van der Waals surface area contributed by atoms with Gasteiger partial charge in [-0.15, -0.1) is 0 Å². The molecule has 23 heavy (non-hydrogen) atoms. The van der Waals surface area contributed by atoms with Crippen LogP contribution in [0.3, 0.4) is 0 Å². The molecule has 0 aliphatic carbocycles. The lowest BCUT2D eigenvalue weighted by Crippen LogP contribution is -2.37. The van der Waals surface area contributed by atoms with Gasteiger partial charge in [-0.05, 0) is 36.8 Å². The second-order valence-corrected chi connectivity index (χ2v) is 6.17. The van der Waals surface area contributed by atoms with E-state index >= 15 is 0 Å². The zero-order valence-corrected chi connectivity index (χ0v) is 13.7. The number of hydrogen-bond donors (Lipinski definition) is 1. The molecule has 0 aromatic heterocycles. The molecule has 1 fully saturated rings. The second kappa shape index (κ2) is 8.65. The molecule has 1 aliphatic heterocycles. The number of halogens is 1. The number of amides is 2. The molecule has 2 rings (SSSR count). The predicted molar refractivity (Wildman–Crippen MR) is 87.5 cm³/mol. The zero-order valence-electron chi connectivity index (χ0n) is 13.7. The molecule has 1 aliphatic rings. The van der Waals surface area contributed by atoms with Crippen LogP contribution in [0.2, 0.25) is 0 Å². The van der Waals surface area contributed by atoms with Crippen LogP contribution in [-0.4, -0.2) is 36.3 Å². The molecule has 1 heterocycles. The maximum Gasteiger partial charge on any atom is 0.224 e. The molecular formula is C18H25FN2O2. The van der Waals surface area contributed by atoms with Crippen LogP contribution in [0, 0.1) is 5.82 Å². The van der Waals surface area contributed by atoms with E-state index in [4.69, 9.17) is 0 Å². The molecule has 4 nitrogen and oxygen atoms in total. The van der Waals surface area contributed by atoms with Crippen LogP contribution in [0.15, 0.2) is 24.3 Å². The average Bonchev–Trinajstić information content (AvgIpc) is 2.55. The summed E-state index contributed by atoms with van der Waals surface area (Å²) < 4.78 is 13.7. The van der Waals surface area contributed by atoms with Gasteiger partial charge >= 0.3 is 0 Å². The molecule has 0 unspecified atom stereocenters. The van der Waals surface area contributed by atoms with E-state index in [2.05, 4.69) is 5.32 Å². The summed E-state index contributed by atoms with van der Waals surface area (Å²) in [6.45, 7) is 3.84. The normalized spacial score (nSPS) is 16.0. The van der Waals surface area contributed by atoms with Gasteiger partial charge in [0.05, 0.1) is 0 Å². The van der Waals surface area contributed by atoms with Gasteiger partial charge in [-0.3, -0.25) is 9.59 Å². The smallest absolute Gasteiger partial charge is 0.224 e. The molecular weight excluding hydrogens is 295 g/mol. The molecule has 1 aromatic carbocycles. The summed E-state index contributed by atoms with van der Waals surface area (Å²) in [6, 6.07) is 6.51. The fourth-order valence-electron chi connectivity index (χ4n) is 2.95. The highest BCUT2D eigenvalue weighted by Gasteiger charge is 2.17. The van der Waals surface area contributed by atoms with Gasteiger partial charge in [0.25, 0.3) is 0 Å². The molecule has 0 radical (unpaired) electrons. The summed E-state index contributed by atoms with van der Waals surface area (Å²) in [7, 11) is 0. The molecule has 0 spiro atoms. The summed E-state index contributed by atoms with van der Waals surface area (Å²) in [6.07, 6.45) is 3.88. The van der Waals surface area contributed by atoms with Crippen molar-refractivity contribution in [2.45, 2.75) is 44.9 Å². The Bertz CT molecular complexity index is 542. The number of carbonyl (C=O) groups is 2. The van der Waals surface area contributed by atoms with Crippen LogP contribution in [-0.2, 0) is 9.59 Å². The van der Waals surface area contributed by atoms with Crippen molar-refractivity contribution in [1.82, 2.24) is 10.2 Å². The number of nitrogens with one attached hydrogen (secondary N) is 1. The highest BCUT2D eigenvalue weighted by Crippen LogP contribution is 2.21. The third-order valence-electron chi connectivity index (χ3n) is 4.30. The van der Waals surface area contributed by atoms with E-state index in [1.165, 1.54) is 12.5 Å². The minimum Gasteiger partial charge on any atom is -0.356 e. The molecule has 1 atom stereocenters. The second-order valence-electron chi connectivity index (χ2n) is 6.17. The number of hydrogen-bond acceptors (Lipinski definition) is 2. The maximum atomic E-state index is 13.7. The van der Waals surface area contributed by atoms with Crippen LogP contribution < -0.4 is 5.32 Å². The van der Waals surface area contributed by atoms with Gasteiger partial charge in [-0.25, -0.2) is 4.39 Å². The van der Waals surface area contributed by atoms with Gasteiger partial charge in [-0.2, -0.15) is 0 Å². The fraction of sp³-hybridized carbons (Fsp3) is 0.556. The van der Waals surface area contributed by atoms with Crippen LogP contribution in [0.5, 0.6) is 0 Å². The fourth-order valence-corrected chi connectivity index (χ4v) is 2.95. The lowest BCUT2D eigenvalue weighted by molar-refractivity contribution is -0.132. The van der Waals surface area contributed by atoms with E-state index in [9.17, 15) is 14.0 Å². The van der Waals surface area contributed by atoms with Gasteiger partial charge in [0.2, 0.25) is 11.8 Å². The number of carbonyl (C=O) groups excluding carboxylic acids is 2. The summed E-state index contributed by atoms with van der Waals surface area (Å²) >= 11 is 0. The SMILES string of the molecule is C[C@H](CC(=O)NCCC(=O)N1CCCCC1)c1ccccc1F. The zero-order chi connectivity index (χ0) is 16.7. The number of piperidine rings is 1. The van der Waals surface area contributed by atoms with E-state index < -0.39 is 0 Å². The molecule has 1 saturated heterocycles. The van der Waals surface area contributed by atoms with Gasteiger partial charge in [0.1, 0.15) is 5.82 Å². The third kappa shape index (κ3) is 5.34. The van der Waals surface area contributed by atoms with Crippen molar-refractivity contribution in [3.63, 3.8) is 0 Å². The minimum absolute atomic E-state index is 0.104. The Morgan fingerprint density at radius 2 is 1.91 bits per heavy atom. The third-order valence-corrected chi connectivity index (χ3v) is 4.30. The first-order valence-corrected chi connectivity index (χ1v) is 8.37. The topological polar surface area (TPSA) is 49.4 Å². The molecule has 1 N–H and O–H groups in total. The lowest BCUT2D eigenvalue weighted by atomic mass is 9.97. The Labute approximate surface area is 137 Å². The summed E-state index contributed by atoms with van der Waals surface area (Å²) in [4.78, 5) is 25.8. The Morgan fingerprint density at radius 1 is 1.22 bits per heavy atom. The number of nitrogens with zero attached hydrogens (tertiary/aromatic N) is 1. The Balaban J connectivity index is 1.70.